The fourth-order valence-electron chi connectivity index (χ4n) is 7.75. The van der Waals surface area contributed by atoms with Gasteiger partial charge in [0.25, 0.3) is 0 Å². The van der Waals surface area contributed by atoms with Crippen LogP contribution in [0.5, 0.6) is 11.5 Å². The fraction of sp³-hybridized carbons (Fsp3) is 0.360. The number of benzene rings is 4. The number of nitrogens with zero attached hydrogens (tertiary/aromatic N) is 4. The topological polar surface area (TPSA) is 44.9 Å². The van der Waals surface area contributed by atoms with Gasteiger partial charge in [0.2, 0.25) is 0 Å². The molecule has 0 N–H and O–H groups in total. The molecule has 3 heterocycles. The van der Waals surface area contributed by atoms with Gasteiger partial charge < -0.3 is 9.30 Å². The Bertz CT molecular complexity index is 2550. The average molecular weight is 835 g/mol. The molecule has 0 atom stereocenters. The number of hydrogen-bond donors (Lipinski definition) is 0. The fourth-order valence-corrected chi connectivity index (χ4v) is 7.75. The molecule has 0 unspecified atom stereocenters. The Balaban J connectivity index is 0.00000532. The average Bonchev–Trinajstić information content (AvgIpc) is 3.58. The first-order chi connectivity index (χ1) is 25.7. The van der Waals surface area contributed by atoms with Crippen molar-refractivity contribution in [1.82, 2.24) is 19.3 Å². The summed E-state index contributed by atoms with van der Waals surface area (Å²) in [5.74, 6) is 2.36. The molecular formula is C50H56N4OPd. The molecule has 0 amide bonds. The van der Waals surface area contributed by atoms with Gasteiger partial charge in [0, 0.05) is 34.5 Å². The number of aryl methyl sites for hydroxylation is 2. The van der Waals surface area contributed by atoms with Crippen LogP contribution in [-0.2, 0) is 36.7 Å². The number of para-hydroxylation sites is 1. The van der Waals surface area contributed by atoms with Crippen LogP contribution >= 0.6 is 0 Å². The van der Waals surface area contributed by atoms with Crippen LogP contribution in [0.25, 0.3) is 44.4 Å². The largest absolute Gasteiger partial charge is 2.00 e. The van der Waals surface area contributed by atoms with Gasteiger partial charge in [0.15, 0.2) is 0 Å². The summed E-state index contributed by atoms with van der Waals surface area (Å²) in [4.78, 5) is 4.75. The monoisotopic (exact) mass is 834 g/mol. The van der Waals surface area contributed by atoms with E-state index >= 15 is 0 Å². The molecule has 0 radical (unpaired) electrons. The van der Waals surface area contributed by atoms with Crippen LogP contribution in [0, 0.1) is 32.9 Å². The SMILES string of the molecule is Cc1ccnc(-n2c3[c-]c(Oc4[c-]c(-n5nc(C)c(-c6c(C(C)(C)C)cc(C(C)(C)C)cc6C(C)(C)C)c5C)cc(C(C)C)c4)ccc3c3ccccc32)c1.[Pd+2]. The Kier molecular flexibility index (Phi) is 10.9. The molecule has 0 aliphatic rings. The Hall–Kier alpha value is -4.50. The summed E-state index contributed by atoms with van der Waals surface area (Å²) >= 11 is 0. The summed E-state index contributed by atoms with van der Waals surface area (Å²) in [6.07, 6.45) is 1.86. The molecule has 7 rings (SSSR count). The maximum atomic E-state index is 6.70. The first-order valence-electron chi connectivity index (χ1n) is 19.6. The van der Waals surface area contributed by atoms with Crippen LogP contribution in [0.4, 0.5) is 0 Å². The van der Waals surface area contributed by atoms with E-state index in [2.05, 4.69) is 179 Å². The van der Waals surface area contributed by atoms with Gasteiger partial charge in [-0.2, -0.15) is 11.2 Å². The second-order valence-electron chi connectivity index (χ2n) is 18.7. The molecule has 3 aromatic heterocycles. The molecule has 0 saturated heterocycles. The Morgan fingerprint density at radius 1 is 0.679 bits per heavy atom. The minimum absolute atomic E-state index is 0. The standard InChI is InChI=1S/C50H56N4O.Pd/c1-30(2)34-24-36(54-33(5)46(32(4)52-54)47-41(49(9,10)11)26-35(48(6,7)8)27-42(47)50(12,13)14)28-38(25-34)55-37-19-20-40-39-17-15-16-18-43(39)53(44(40)29-37)45-23-31(3)21-22-51-45;/h15-27,30H,1-14H3;/q-2;+2. The van der Waals surface area contributed by atoms with Crippen molar-refractivity contribution in [2.45, 2.75) is 119 Å². The van der Waals surface area contributed by atoms with Gasteiger partial charge in [0.1, 0.15) is 5.82 Å². The van der Waals surface area contributed by atoms with Crippen LogP contribution in [0.1, 0.15) is 121 Å². The number of pyridine rings is 1. The molecule has 6 heteroatoms. The molecular weight excluding hydrogens is 779 g/mol. The summed E-state index contributed by atoms with van der Waals surface area (Å²) < 4.78 is 10.9. The molecule has 4 aromatic carbocycles. The molecule has 0 aliphatic carbocycles. The molecule has 292 valence electrons. The first-order valence-corrected chi connectivity index (χ1v) is 19.6. The molecule has 0 fully saturated rings. The maximum Gasteiger partial charge on any atom is 2.00 e. The molecule has 7 aromatic rings. The van der Waals surface area contributed by atoms with E-state index in [9.17, 15) is 0 Å². The maximum absolute atomic E-state index is 6.70. The van der Waals surface area contributed by atoms with Crippen molar-refractivity contribution in [3.05, 3.63) is 130 Å². The van der Waals surface area contributed by atoms with E-state index < -0.39 is 0 Å². The van der Waals surface area contributed by atoms with Crippen molar-refractivity contribution in [2.75, 3.05) is 0 Å². The zero-order valence-corrected chi connectivity index (χ0v) is 37.2. The number of aromatic nitrogens is 4. The van der Waals surface area contributed by atoms with Crippen molar-refractivity contribution in [3.8, 4) is 34.1 Å². The van der Waals surface area contributed by atoms with Crippen LogP contribution < -0.4 is 4.74 Å². The van der Waals surface area contributed by atoms with E-state index in [1.807, 2.05) is 18.3 Å². The minimum atomic E-state index is -0.0824. The van der Waals surface area contributed by atoms with E-state index in [0.717, 1.165) is 55.8 Å². The summed E-state index contributed by atoms with van der Waals surface area (Å²) in [6, 6.07) is 33.1. The number of hydrogen-bond acceptors (Lipinski definition) is 3. The molecule has 0 aliphatic heterocycles. The van der Waals surface area contributed by atoms with Gasteiger partial charge in [-0.1, -0.05) is 112 Å². The van der Waals surface area contributed by atoms with Crippen LogP contribution in [0.15, 0.2) is 79.0 Å². The van der Waals surface area contributed by atoms with Crippen molar-refractivity contribution >= 4 is 21.8 Å². The van der Waals surface area contributed by atoms with Crippen molar-refractivity contribution in [1.29, 1.82) is 0 Å². The van der Waals surface area contributed by atoms with E-state index in [-0.39, 0.29) is 42.6 Å². The zero-order chi connectivity index (χ0) is 39.8. The Labute approximate surface area is 348 Å². The van der Waals surface area contributed by atoms with Gasteiger partial charge in [0.05, 0.1) is 5.69 Å². The Morgan fingerprint density at radius 2 is 1.34 bits per heavy atom. The van der Waals surface area contributed by atoms with Crippen molar-refractivity contribution in [3.63, 3.8) is 0 Å². The predicted octanol–water partition coefficient (Wildman–Crippen LogP) is 13.4. The number of fused-ring (bicyclic) bond motifs is 3. The summed E-state index contributed by atoms with van der Waals surface area (Å²) in [7, 11) is 0. The predicted molar refractivity (Wildman–Crippen MR) is 230 cm³/mol. The van der Waals surface area contributed by atoms with Gasteiger partial charge in [-0.3, -0.25) is 4.68 Å². The van der Waals surface area contributed by atoms with Crippen LogP contribution in [0.2, 0.25) is 0 Å². The number of ether oxygens (including phenoxy) is 1. The third-order valence-corrected chi connectivity index (χ3v) is 10.8. The van der Waals surface area contributed by atoms with Gasteiger partial charge in [-0.25, -0.2) is 4.98 Å². The zero-order valence-electron chi connectivity index (χ0n) is 35.6. The quantitative estimate of drug-likeness (QED) is 0.124. The van der Waals surface area contributed by atoms with Crippen molar-refractivity contribution < 1.29 is 25.2 Å². The van der Waals surface area contributed by atoms with Gasteiger partial charge in [-0.05, 0) is 100 Å². The van der Waals surface area contributed by atoms with Crippen molar-refractivity contribution in [2.24, 2.45) is 0 Å². The van der Waals surface area contributed by atoms with E-state index in [1.54, 1.807) is 0 Å². The smallest absolute Gasteiger partial charge is 0.509 e. The molecule has 56 heavy (non-hydrogen) atoms. The first kappa shape index (κ1) is 41.1. The molecule has 0 spiro atoms. The molecule has 5 nitrogen and oxygen atoms in total. The third-order valence-electron chi connectivity index (χ3n) is 10.8. The van der Waals surface area contributed by atoms with E-state index in [4.69, 9.17) is 14.8 Å². The second-order valence-corrected chi connectivity index (χ2v) is 18.7. The summed E-state index contributed by atoms with van der Waals surface area (Å²) in [6.45, 7) is 31.7. The third kappa shape index (κ3) is 7.63. The normalized spacial score (nSPS) is 12.5. The van der Waals surface area contributed by atoms with Crippen LogP contribution in [-0.4, -0.2) is 19.3 Å². The Morgan fingerprint density at radius 3 is 1.95 bits per heavy atom. The molecule has 0 bridgehead atoms. The van der Waals surface area contributed by atoms with Crippen LogP contribution in [0.3, 0.4) is 0 Å². The van der Waals surface area contributed by atoms with E-state index in [1.165, 1.54) is 27.8 Å². The van der Waals surface area contributed by atoms with Gasteiger partial charge in [-0.15, -0.1) is 41.3 Å². The van der Waals surface area contributed by atoms with E-state index in [0.29, 0.717) is 11.5 Å². The summed E-state index contributed by atoms with van der Waals surface area (Å²) in [5, 5.41) is 7.50. The summed E-state index contributed by atoms with van der Waals surface area (Å²) in [5.41, 5.74) is 13.6. The second kappa shape index (κ2) is 14.8. The van der Waals surface area contributed by atoms with Gasteiger partial charge >= 0.3 is 20.4 Å². The minimum Gasteiger partial charge on any atom is -0.509 e. The number of rotatable bonds is 6. The molecule has 0 saturated carbocycles.